The number of fused-ring (bicyclic) bond motifs is 1. The fourth-order valence-electron chi connectivity index (χ4n) is 3.23. The molecule has 3 fully saturated rings. The lowest BCUT2D eigenvalue weighted by Gasteiger charge is -2.31. The van der Waals surface area contributed by atoms with Crippen LogP contribution in [0.15, 0.2) is 0 Å². The molecule has 0 radical (unpaired) electrons. The highest BCUT2D eigenvalue weighted by Crippen LogP contribution is 2.49. The Hall–Kier alpha value is -0.510. The highest BCUT2D eigenvalue weighted by Gasteiger charge is 2.59. The van der Waals surface area contributed by atoms with Crippen LogP contribution in [0, 0.1) is 17.3 Å². The van der Waals surface area contributed by atoms with E-state index in [0.29, 0.717) is 6.54 Å². The number of carbonyl (C=O) groups is 2. The summed E-state index contributed by atoms with van der Waals surface area (Å²) in [6.07, 6.45) is 5.46. The molecule has 16 heavy (non-hydrogen) atoms. The Morgan fingerprint density at radius 3 is 2.25 bits per heavy atom. The molecule has 1 saturated heterocycles. The van der Waals surface area contributed by atoms with E-state index in [0.717, 1.165) is 25.0 Å². The van der Waals surface area contributed by atoms with E-state index in [-0.39, 0.29) is 29.1 Å². The molecular formula is C12H17NO2S. The molecule has 2 unspecified atom stereocenters. The van der Waals surface area contributed by atoms with E-state index in [4.69, 9.17) is 0 Å². The molecule has 0 spiro atoms. The van der Waals surface area contributed by atoms with E-state index in [1.165, 1.54) is 17.7 Å². The Morgan fingerprint density at radius 1 is 1.19 bits per heavy atom. The topological polar surface area (TPSA) is 37.4 Å². The molecule has 3 rings (SSSR count). The largest absolute Gasteiger partial charge is 0.282 e. The van der Waals surface area contributed by atoms with Crippen LogP contribution in [0.4, 0.5) is 0 Å². The molecule has 0 aromatic rings. The first-order valence-corrected chi connectivity index (χ1v) is 6.76. The van der Waals surface area contributed by atoms with Gasteiger partial charge in [0.25, 0.3) is 0 Å². The number of carbonyl (C=O) groups excluding carboxylic acids is 2. The lowest BCUT2D eigenvalue weighted by molar-refractivity contribution is -0.143. The zero-order chi connectivity index (χ0) is 11.3. The minimum absolute atomic E-state index is 0.0471. The number of amides is 2. The van der Waals surface area contributed by atoms with Crippen molar-refractivity contribution in [2.24, 2.45) is 17.3 Å². The summed E-state index contributed by atoms with van der Waals surface area (Å²) in [6, 6.07) is 0. The predicted molar refractivity (Wildman–Crippen MR) is 63.1 cm³/mol. The predicted octanol–water partition coefficient (Wildman–Crippen LogP) is 1.48. The van der Waals surface area contributed by atoms with E-state index >= 15 is 0 Å². The maximum Gasteiger partial charge on any atom is 0.233 e. The van der Waals surface area contributed by atoms with Crippen LogP contribution in [-0.4, -0.2) is 29.0 Å². The zero-order valence-corrected chi connectivity index (χ0v) is 10.2. The summed E-state index contributed by atoms with van der Waals surface area (Å²) in [6.45, 7) is 0.626. The van der Waals surface area contributed by atoms with Gasteiger partial charge in [0.1, 0.15) is 0 Å². The minimum atomic E-state index is 0.0471. The molecule has 0 N–H and O–H groups in total. The standard InChI is InChI=1S/C12H17NO2S/c14-10-8-5-9(8)11(15)13(10)6-12(7-16)3-1-2-4-12/h8-9,16H,1-7H2. The molecule has 2 aliphatic carbocycles. The average Bonchev–Trinajstić information content (AvgIpc) is 2.90. The third kappa shape index (κ3) is 1.42. The third-order valence-electron chi connectivity index (χ3n) is 4.45. The molecule has 3 aliphatic rings. The van der Waals surface area contributed by atoms with Crippen molar-refractivity contribution in [2.45, 2.75) is 32.1 Å². The molecule has 3 nitrogen and oxygen atoms in total. The molecule has 88 valence electrons. The van der Waals surface area contributed by atoms with E-state index in [1.807, 2.05) is 0 Å². The first kappa shape index (κ1) is 10.6. The van der Waals surface area contributed by atoms with Gasteiger partial charge in [-0.3, -0.25) is 14.5 Å². The second-order valence-electron chi connectivity index (χ2n) is 5.58. The third-order valence-corrected chi connectivity index (χ3v) is 5.12. The molecule has 1 heterocycles. The monoisotopic (exact) mass is 239 g/mol. The number of hydrogen-bond donors (Lipinski definition) is 1. The summed E-state index contributed by atoms with van der Waals surface area (Å²) in [5.74, 6) is 1.06. The number of thiol groups is 1. The maximum atomic E-state index is 11.9. The number of rotatable bonds is 3. The summed E-state index contributed by atoms with van der Waals surface area (Å²) >= 11 is 4.42. The van der Waals surface area contributed by atoms with Crippen LogP contribution in [0.1, 0.15) is 32.1 Å². The second kappa shape index (κ2) is 3.49. The molecule has 0 aromatic carbocycles. The van der Waals surface area contributed by atoms with Gasteiger partial charge in [0.15, 0.2) is 0 Å². The molecule has 2 saturated carbocycles. The van der Waals surface area contributed by atoms with Gasteiger partial charge in [-0.05, 0) is 30.4 Å². The Kier molecular flexibility index (Phi) is 2.32. The summed E-state index contributed by atoms with van der Waals surface area (Å²) in [5, 5.41) is 0. The molecule has 1 aliphatic heterocycles. The molecule has 0 aromatic heterocycles. The molecule has 2 atom stereocenters. The van der Waals surface area contributed by atoms with Gasteiger partial charge in [-0.1, -0.05) is 12.8 Å². The van der Waals surface area contributed by atoms with Gasteiger partial charge in [0.05, 0.1) is 11.8 Å². The lowest BCUT2D eigenvalue weighted by atomic mass is 9.88. The van der Waals surface area contributed by atoms with Crippen molar-refractivity contribution in [1.82, 2.24) is 4.90 Å². The summed E-state index contributed by atoms with van der Waals surface area (Å²) in [4.78, 5) is 25.3. The number of nitrogens with zero attached hydrogens (tertiary/aromatic N) is 1. The first-order chi connectivity index (χ1) is 7.67. The summed E-state index contributed by atoms with van der Waals surface area (Å²) in [7, 11) is 0. The average molecular weight is 239 g/mol. The number of piperidine rings is 1. The zero-order valence-electron chi connectivity index (χ0n) is 9.32. The van der Waals surface area contributed by atoms with Crippen molar-refractivity contribution in [3.05, 3.63) is 0 Å². The number of hydrogen-bond acceptors (Lipinski definition) is 3. The van der Waals surface area contributed by atoms with Gasteiger partial charge in [0.2, 0.25) is 11.8 Å². The van der Waals surface area contributed by atoms with Gasteiger partial charge in [-0.15, -0.1) is 0 Å². The van der Waals surface area contributed by atoms with Gasteiger partial charge < -0.3 is 0 Å². The Labute approximate surface area is 101 Å². The fourth-order valence-corrected chi connectivity index (χ4v) is 3.65. The van der Waals surface area contributed by atoms with Crippen molar-refractivity contribution >= 4 is 24.4 Å². The normalized spacial score (nSPS) is 35.7. The van der Waals surface area contributed by atoms with Crippen LogP contribution < -0.4 is 0 Å². The quantitative estimate of drug-likeness (QED) is 0.598. The van der Waals surface area contributed by atoms with Crippen LogP contribution in [0.2, 0.25) is 0 Å². The van der Waals surface area contributed by atoms with Crippen LogP contribution in [-0.2, 0) is 9.59 Å². The van der Waals surface area contributed by atoms with Gasteiger partial charge >= 0.3 is 0 Å². The Bertz CT molecular complexity index is 329. The van der Waals surface area contributed by atoms with E-state index in [2.05, 4.69) is 12.6 Å². The molecule has 4 heteroatoms. The molecule has 0 bridgehead atoms. The smallest absolute Gasteiger partial charge is 0.233 e. The maximum absolute atomic E-state index is 11.9. The summed E-state index contributed by atoms with van der Waals surface area (Å²) < 4.78 is 0. The van der Waals surface area contributed by atoms with E-state index in [1.54, 1.807) is 0 Å². The van der Waals surface area contributed by atoms with Crippen LogP contribution in [0.25, 0.3) is 0 Å². The highest BCUT2D eigenvalue weighted by atomic mass is 32.1. The van der Waals surface area contributed by atoms with Crippen LogP contribution in [0.5, 0.6) is 0 Å². The Balaban J connectivity index is 1.74. The van der Waals surface area contributed by atoms with Crippen LogP contribution >= 0.6 is 12.6 Å². The molecule has 2 amide bonds. The Morgan fingerprint density at radius 2 is 1.75 bits per heavy atom. The van der Waals surface area contributed by atoms with E-state index in [9.17, 15) is 9.59 Å². The first-order valence-electron chi connectivity index (χ1n) is 6.13. The van der Waals surface area contributed by atoms with Crippen molar-refractivity contribution in [2.75, 3.05) is 12.3 Å². The lowest BCUT2D eigenvalue weighted by Crippen LogP contribution is -2.42. The highest BCUT2D eigenvalue weighted by molar-refractivity contribution is 7.80. The van der Waals surface area contributed by atoms with Crippen LogP contribution in [0.3, 0.4) is 0 Å². The summed E-state index contributed by atoms with van der Waals surface area (Å²) in [5.41, 5.74) is 0.116. The minimum Gasteiger partial charge on any atom is -0.282 e. The van der Waals surface area contributed by atoms with Crippen molar-refractivity contribution in [3.63, 3.8) is 0 Å². The van der Waals surface area contributed by atoms with Crippen molar-refractivity contribution in [3.8, 4) is 0 Å². The van der Waals surface area contributed by atoms with E-state index < -0.39 is 0 Å². The SMILES string of the molecule is O=C1C2CC2C(=O)N1CC1(CS)CCCC1. The van der Waals surface area contributed by atoms with Crippen molar-refractivity contribution in [1.29, 1.82) is 0 Å². The number of likely N-dealkylation sites (tertiary alicyclic amines) is 1. The van der Waals surface area contributed by atoms with Gasteiger partial charge in [-0.2, -0.15) is 12.6 Å². The fraction of sp³-hybridized carbons (Fsp3) is 0.833. The van der Waals surface area contributed by atoms with Gasteiger partial charge in [-0.25, -0.2) is 0 Å². The molecular weight excluding hydrogens is 222 g/mol. The second-order valence-corrected chi connectivity index (χ2v) is 5.89. The number of imide groups is 1. The van der Waals surface area contributed by atoms with Crippen molar-refractivity contribution < 1.29 is 9.59 Å². The van der Waals surface area contributed by atoms with Gasteiger partial charge in [0, 0.05) is 6.54 Å².